The lowest BCUT2D eigenvalue weighted by Gasteiger charge is -2.10. The summed E-state index contributed by atoms with van der Waals surface area (Å²) in [6.45, 7) is 4.06. The van der Waals surface area contributed by atoms with Crippen molar-refractivity contribution in [1.29, 1.82) is 0 Å². The van der Waals surface area contributed by atoms with Gasteiger partial charge in [-0.05, 0) is 47.9 Å². The molecule has 0 atom stereocenters. The Kier molecular flexibility index (Phi) is 5.62. The fraction of sp³-hybridized carbons (Fsp3) is 0.278. The Morgan fingerprint density at radius 1 is 1.12 bits per heavy atom. The predicted molar refractivity (Wildman–Crippen MR) is 94.2 cm³/mol. The van der Waals surface area contributed by atoms with Gasteiger partial charge >= 0.3 is 0 Å². The minimum atomic E-state index is -3.24. The van der Waals surface area contributed by atoms with Crippen molar-refractivity contribution in [2.24, 2.45) is 0 Å². The van der Waals surface area contributed by atoms with Crippen molar-refractivity contribution in [3.63, 3.8) is 0 Å². The van der Waals surface area contributed by atoms with Crippen LogP contribution in [0.15, 0.2) is 53.4 Å². The van der Waals surface area contributed by atoms with Crippen molar-refractivity contribution < 1.29 is 17.9 Å². The van der Waals surface area contributed by atoms with E-state index in [1.54, 1.807) is 18.2 Å². The molecule has 24 heavy (non-hydrogen) atoms. The fourth-order valence-corrected chi connectivity index (χ4v) is 2.73. The van der Waals surface area contributed by atoms with Crippen LogP contribution in [0.5, 0.6) is 5.75 Å². The second kappa shape index (κ2) is 7.49. The maximum Gasteiger partial charge on any atom is 0.262 e. The van der Waals surface area contributed by atoms with Crippen LogP contribution < -0.4 is 10.1 Å². The molecule has 0 unspecified atom stereocenters. The van der Waals surface area contributed by atoms with E-state index in [4.69, 9.17) is 4.74 Å². The lowest BCUT2D eigenvalue weighted by molar-refractivity contribution is -0.118. The molecule has 2 rings (SSSR count). The number of rotatable bonds is 6. The van der Waals surface area contributed by atoms with Crippen LogP contribution in [0, 0.1) is 0 Å². The minimum absolute atomic E-state index is 0.116. The Balaban J connectivity index is 1.93. The molecular formula is C18H21NO4S. The first-order valence-electron chi connectivity index (χ1n) is 7.58. The Hall–Kier alpha value is -2.34. The van der Waals surface area contributed by atoms with Crippen LogP contribution in [-0.4, -0.2) is 27.2 Å². The van der Waals surface area contributed by atoms with Crippen molar-refractivity contribution in [3.8, 4) is 5.75 Å². The molecular weight excluding hydrogens is 326 g/mol. The molecule has 0 spiro atoms. The average Bonchev–Trinajstić information content (AvgIpc) is 2.53. The topological polar surface area (TPSA) is 72.5 Å². The molecule has 6 heteroatoms. The predicted octanol–water partition coefficient (Wildman–Crippen LogP) is 3.23. The third-order valence-electron chi connectivity index (χ3n) is 3.46. The van der Waals surface area contributed by atoms with Gasteiger partial charge in [0.15, 0.2) is 16.4 Å². The number of nitrogens with one attached hydrogen (secondary N) is 1. The van der Waals surface area contributed by atoms with E-state index in [9.17, 15) is 13.2 Å². The van der Waals surface area contributed by atoms with Crippen molar-refractivity contribution in [1.82, 2.24) is 0 Å². The maximum absolute atomic E-state index is 11.9. The molecule has 0 saturated heterocycles. The fourth-order valence-electron chi connectivity index (χ4n) is 2.09. The molecule has 1 amide bonds. The Labute approximate surface area is 142 Å². The molecule has 5 nitrogen and oxygen atoms in total. The number of carbonyl (C=O) groups is 1. The van der Waals surface area contributed by atoms with Gasteiger partial charge in [0.05, 0.1) is 4.90 Å². The van der Waals surface area contributed by atoms with E-state index >= 15 is 0 Å². The van der Waals surface area contributed by atoms with Gasteiger partial charge in [0.25, 0.3) is 5.91 Å². The summed E-state index contributed by atoms with van der Waals surface area (Å²) < 4.78 is 28.3. The van der Waals surface area contributed by atoms with Crippen LogP contribution in [0.2, 0.25) is 0 Å². The summed E-state index contributed by atoms with van der Waals surface area (Å²) in [4.78, 5) is 12.1. The summed E-state index contributed by atoms with van der Waals surface area (Å²) in [6, 6.07) is 13.6. The summed E-state index contributed by atoms with van der Waals surface area (Å²) in [5, 5.41) is 2.67. The number of amides is 1. The number of ether oxygens (including phenoxy) is 1. The largest absolute Gasteiger partial charge is 0.484 e. The SMILES string of the molecule is CC(C)c1cccc(OCC(=O)Nc2ccc(S(C)(=O)=O)cc2)c1. The third kappa shape index (κ3) is 5.09. The monoisotopic (exact) mass is 347 g/mol. The zero-order valence-corrected chi connectivity index (χ0v) is 14.8. The number of anilines is 1. The van der Waals surface area contributed by atoms with Gasteiger partial charge in [0, 0.05) is 11.9 Å². The molecule has 2 aromatic rings. The average molecular weight is 347 g/mol. The smallest absolute Gasteiger partial charge is 0.262 e. The van der Waals surface area contributed by atoms with E-state index in [1.165, 1.54) is 12.1 Å². The van der Waals surface area contributed by atoms with E-state index in [0.717, 1.165) is 11.8 Å². The highest BCUT2D eigenvalue weighted by Gasteiger charge is 2.08. The van der Waals surface area contributed by atoms with Gasteiger partial charge in [-0.15, -0.1) is 0 Å². The molecule has 0 saturated carbocycles. The summed E-state index contributed by atoms with van der Waals surface area (Å²) >= 11 is 0. The summed E-state index contributed by atoms with van der Waals surface area (Å²) in [5.74, 6) is 0.719. The van der Waals surface area contributed by atoms with Crippen molar-refractivity contribution in [2.75, 3.05) is 18.2 Å². The van der Waals surface area contributed by atoms with Crippen molar-refractivity contribution in [3.05, 3.63) is 54.1 Å². The van der Waals surface area contributed by atoms with Gasteiger partial charge < -0.3 is 10.1 Å². The van der Waals surface area contributed by atoms with Crippen LogP contribution in [0.1, 0.15) is 25.3 Å². The molecule has 0 fully saturated rings. The first kappa shape index (κ1) is 18.0. The van der Waals surface area contributed by atoms with Crippen LogP contribution in [-0.2, 0) is 14.6 Å². The minimum Gasteiger partial charge on any atom is -0.484 e. The van der Waals surface area contributed by atoms with Crippen LogP contribution >= 0.6 is 0 Å². The molecule has 0 bridgehead atoms. The van der Waals surface area contributed by atoms with E-state index in [-0.39, 0.29) is 17.4 Å². The normalized spacial score (nSPS) is 11.3. The zero-order chi connectivity index (χ0) is 17.7. The summed E-state index contributed by atoms with van der Waals surface area (Å²) in [7, 11) is -3.24. The zero-order valence-electron chi connectivity index (χ0n) is 13.9. The Bertz CT molecular complexity index is 811. The Morgan fingerprint density at radius 2 is 1.79 bits per heavy atom. The summed E-state index contributed by atoms with van der Waals surface area (Å²) in [6.07, 6.45) is 1.14. The molecule has 0 radical (unpaired) electrons. The highest BCUT2D eigenvalue weighted by atomic mass is 32.2. The van der Waals surface area contributed by atoms with Crippen molar-refractivity contribution >= 4 is 21.4 Å². The molecule has 0 heterocycles. The molecule has 1 N–H and O–H groups in total. The third-order valence-corrected chi connectivity index (χ3v) is 4.59. The van der Waals surface area contributed by atoms with E-state index in [0.29, 0.717) is 17.4 Å². The van der Waals surface area contributed by atoms with Crippen molar-refractivity contribution in [2.45, 2.75) is 24.7 Å². The number of carbonyl (C=O) groups excluding carboxylic acids is 1. The lowest BCUT2D eigenvalue weighted by Crippen LogP contribution is -2.20. The quantitative estimate of drug-likeness (QED) is 0.871. The standard InChI is InChI=1S/C18H21NO4S/c1-13(2)14-5-4-6-16(11-14)23-12-18(20)19-15-7-9-17(10-8-15)24(3,21)22/h4-11,13H,12H2,1-3H3,(H,19,20). The maximum atomic E-state index is 11.9. The van der Waals surface area contributed by atoms with Gasteiger partial charge in [0.1, 0.15) is 5.75 Å². The number of hydrogen-bond donors (Lipinski definition) is 1. The molecule has 0 aliphatic carbocycles. The second-order valence-electron chi connectivity index (χ2n) is 5.86. The number of benzene rings is 2. The number of hydrogen-bond acceptors (Lipinski definition) is 4. The van der Waals surface area contributed by atoms with E-state index in [2.05, 4.69) is 19.2 Å². The lowest BCUT2D eigenvalue weighted by atomic mass is 10.0. The molecule has 128 valence electrons. The van der Waals surface area contributed by atoms with E-state index < -0.39 is 9.84 Å². The molecule has 0 aliphatic rings. The first-order valence-corrected chi connectivity index (χ1v) is 9.47. The van der Waals surface area contributed by atoms with Gasteiger partial charge in [-0.25, -0.2) is 8.42 Å². The van der Waals surface area contributed by atoms with E-state index in [1.807, 2.05) is 18.2 Å². The highest BCUT2D eigenvalue weighted by molar-refractivity contribution is 7.90. The molecule has 0 aromatic heterocycles. The van der Waals surface area contributed by atoms with Gasteiger partial charge in [-0.2, -0.15) is 0 Å². The Morgan fingerprint density at radius 3 is 2.38 bits per heavy atom. The number of sulfone groups is 1. The summed E-state index contributed by atoms with van der Waals surface area (Å²) in [5.41, 5.74) is 1.66. The highest BCUT2D eigenvalue weighted by Crippen LogP contribution is 2.20. The van der Waals surface area contributed by atoms with Gasteiger partial charge in [-0.3, -0.25) is 4.79 Å². The second-order valence-corrected chi connectivity index (χ2v) is 7.88. The first-order chi connectivity index (χ1) is 11.3. The van der Waals surface area contributed by atoms with Crippen LogP contribution in [0.3, 0.4) is 0 Å². The molecule has 0 aliphatic heterocycles. The van der Waals surface area contributed by atoms with Crippen LogP contribution in [0.25, 0.3) is 0 Å². The van der Waals surface area contributed by atoms with Gasteiger partial charge in [-0.1, -0.05) is 26.0 Å². The van der Waals surface area contributed by atoms with Crippen LogP contribution in [0.4, 0.5) is 5.69 Å². The van der Waals surface area contributed by atoms with Gasteiger partial charge in [0.2, 0.25) is 0 Å². The molecule has 2 aromatic carbocycles.